The van der Waals surface area contributed by atoms with Crippen LogP contribution in [0.2, 0.25) is 0 Å². The fourth-order valence-electron chi connectivity index (χ4n) is 1.45. The average molecular weight is 185 g/mol. The minimum absolute atomic E-state index is 0.683. The van der Waals surface area contributed by atoms with Gasteiger partial charge in [-0.15, -0.1) is 0 Å². The van der Waals surface area contributed by atoms with Crippen molar-refractivity contribution in [3.8, 4) is 0 Å². The second-order valence-electron chi connectivity index (χ2n) is 4.11. The molecule has 0 spiro atoms. The number of aliphatic hydroxyl groups is 1. The van der Waals surface area contributed by atoms with Crippen LogP contribution in [0.1, 0.15) is 34.6 Å². The molecule has 13 heavy (non-hydrogen) atoms. The topological polar surface area (TPSA) is 23.5 Å². The molecule has 0 atom stereocenters. The Morgan fingerprint density at radius 3 is 2.08 bits per heavy atom. The number of likely N-dealkylation sites (N-methyl/N-ethyl adjacent to an activating group) is 1. The first-order valence-corrected chi connectivity index (χ1v) is 5.02. The SMILES string of the molecule is CCN(CC)C/C(C)=C\C(C)(C)O. The summed E-state index contributed by atoms with van der Waals surface area (Å²) in [4.78, 5) is 2.33. The van der Waals surface area contributed by atoms with E-state index < -0.39 is 5.60 Å². The zero-order chi connectivity index (χ0) is 10.5. The zero-order valence-electron chi connectivity index (χ0n) is 9.59. The normalized spacial score (nSPS) is 13.9. The van der Waals surface area contributed by atoms with Crippen LogP contribution < -0.4 is 0 Å². The summed E-state index contributed by atoms with van der Waals surface area (Å²) in [6, 6.07) is 0. The van der Waals surface area contributed by atoms with Crippen molar-refractivity contribution >= 4 is 0 Å². The van der Waals surface area contributed by atoms with Crippen LogP contribution in [0.3, 0.4) is 0 Å². The van der Waals surface area contributed by atoms with Crippen LogP contribution in [-0.2, 0) is 0 Å². The predicted octanol–water partition coefficient (Wildman–Crippen LogP) is 2.05. The molecule has 0 aromatic rings. The van der Waals surface area contributed by atoms with Gasteiger partial charge in [0, 0.05) is 6.54 Å². The van der Waals surface area contributed by atoms with Crippen molar-refractivity contribution < 1.29 is 5.11 Å². The van der Waals surface area contributed by atoms with Gasteiger partial charge in [-0.05, 0) is 33.9 Å². The maximum atomic E-state index is 9.55. The van der Waals surface area contributed by atoms with E-state index in [-0.39, 0.29) is 0 Å². The predicted molar refractivity (Wildman–Crippen MR) is 57.8 cm³/mol. The fraction of sp³-hybridized carbons (Fsp3) is 0.818. The lowest BCUT2D eigenvalue weighted by atomic mass is 10.1. The van der Waals surface area contributed by atoms with Crippen LogP contribution >= 0.6 is 0 Å². The molecule has 0 bridgehead atoms. The molecular formula is C11H23NO. The van der Waals surface area contributed by atoms with Crippen LogP contribution in [-0.4, -0.2) is 35.2 Å². The van der Waals surface area contributed by atoms with Gasteiger partial charge in [-0.3, -0.25) is 4.90 Å². The molecule has 78 valence electrons. The van der Waals surface area contributed by atoms with E-state index >= 15 is 0 Å². The van der Waals surface area contributed by atoms with Crippen molar-refractivity contribution in [2.75, 3.05) is 19.6 Å². The molecule has 1 N–H and O–H groups in total. The minimum Gasteiger partial charge on any atom is -0.386 e. The van der Waals surface area contributed by atoms with Crippen LogP contribution in [0.4, 0.5) is 0 Å². The molecule has 0 aromatic carbocycles. The van der Waals surface area contributed by atoms with Crippen molar-refractivity contribution in [2.24, 2.45) is 0 Å². The van der Waals surface area contributed by atoms with Crippen molar-refractivity contribution in [3.05, 3.63) is 11.6 Å². The number of hydrogen-bond donors (Lipinski definition) is 1. The highest BCUT2D eigenvalue weighted by molar-refractivity contribution is 5.07. The third-order valence-electron chi connectivity index (χ3n) is 1.97. The van der Waals surface area contributed by atoms with Crippen molar-refractivity contribution in [3.63, 3.8) is 0 Å². The Morgan fingerprint density at radius 1 is 1.31 bits per heavy atom. The second-order valence-corrected chi connectivity index (χ2v) is 4.11. The highest BCUT2D eigenvalue weighted by Gasteiger charge is 2.09. The van der Waals surface area contributed by atoms with E-state index in [0.717, 1.165) is 19.6 Å². The van der Waals surface area contributed by atoms with Crippen LogP contribution in [0.25, 0.3) is 0 Å². The van der Waals surface area contributed by atoms with Gasteiger partial charge in [0.05, 0.1) is 5.60 Å². The Bertz CT molecular complexity index is 163. The summed E-state index contributed by atoms with van der Waals surface area (Å²) >= 11 is 0. The summed E-state index contributed by atoms with van der Waals surface area (Å²) in [6.07, 6.45) is 1.92. The van der Waals surface area contributed by atoms with Gasteiger partial charge >= 0.3 is 0 Å². The summed E-state index contributed by atoms with van der Waals surface area (Å²) in [7, 11) is 0. The lowest BCUT2D eigenvalue weighted by Gasteiger charge is -2.20. The van der Waals surface area contributed by atoms with Gasteiger partial charge in [-0.25, -0.2) is 0 Å². The van der Waals surface area contributed by atoms with E-state index in [9.17, 15) is 5.11 Å². The maximum absolute atomic E-state index is 9.55. The number of hydrogen-bond acceptors (Lipinski definition) is 2. The standard InChI is InChI=1S/C11H23NO/c1-6-12(7-2)9-10(3)8-11(4,5)13/h8,13H,6-7,9H2,1-5H3/b10-8-. The molecule has 0 heterocycles. The molecule has 0 aliphatic rings. The zero-order valence-corrected chi connectivity index (χ0v) is 9.59. The Kier molecular flexibility index (Phi) is 5.26. The molecule has 0 aliphatic heterocycles. The molecule has 0 saturated carbocycles. The molecule has 0 radical (unpaired) electrons. The first kappa shape index (κ1) is 12.7. The van der Waals surface area contributed by atoms with Gasteiger partial charge in [0.2, 0.25) is 0 Å². The molecule has 0 rings (SSSR count). The third kappa shape index (κ3) is 6.79. The summed E-state index contributed by atoms with van der Waals surface area (Å²) in [5, 5.41) is 9.55. The van der Waals surface area contributed by atoms with Gasteiger partial charge < -0.3 is 5.11 Å². The van der Waals surface area contributed by atoms with E-state index in [1.54, 1.807) is 13.8 Å². The molecule has 0 fully saturated rings. The second kappa shape index (κ2) is 5.40. The van der Waals surface area contributed by atoms with Crippen molar-refractivity contribution in [2.45, 2.75) is 40.2 Å². The number of rotatable bonds is 5. The molecule has 0 aromatic heterocycles. The largest absolute Gasteiger partial charge is 0.386 e. The minimum atomic E-state index is -0.683. The van der Waals surface area contributed by atoms with Crippen LogP contribution in [0.15, 0.2) is 11.6 Å². The molecule has 0 amide bonds. The van der Waals surface area contributed by atoms with E-state index in [2.05, 4.69) is 25.7 Å². The first-order chi connectivity index (χ1) is 5.89. The molecule has 0 aliphatic carbocycles. The van der Waals surface area contributed by atoms with Crippen LogP contribution in [0, 0.1) is 0 Å². The Labute approximate surface area is 82.3 Å². The summed E-state index contributed by atoms with van der Waals surface area (Å²) in [5.74, 6) is 0. The Morgan fingerprint density at radius 2 is 1.77 bits per heavy atom. The summed E-state index contributed by atoms with van der Waals surface area (Å²) in [6.45, 7) is 13.1. The van der Waals surface area contributed by atoms with E-state index in [1.165, 1.54) is 5.57 Å². The van der Waals surface area contributed by atoms with Gasteiger partial charge in [-0.2, -0.15) is 0 Å². The fourth-order valence-corrected chi connectivity index (χ4v) is 1.45. The van der Waals surface area contributed by atoms with E-state index in [0.29, 0.717) is 0 Å². The lowest BCUT2D eigenvalue weighted by molar-refractivity contribution is 0.131. The van der Waals surface area contributed by atoms with Crippen LogP contribution in [0.5, 0.6) is 0 Å². The van der Waals surface area contributed by atoms with E-state index in [4.69, 9.17) is 0 Å². The molecule has 0 unspecified atom stereocenters. The van der Waals surface area contributed by atoms with Gasteiger partial charge in [-0.1, -0.05) is 25.5 Å². The molecular weight excluding hydrogens is 162 g/mol. The van der Waals surface area contributed by atoms with Crippen molar-refractivity contribution in [1.82, 2.24) is 4.90 Å². The lowest BCUT2D eigenvalue weighted by Crippen LogP contribution is -2.26. The van der Waals surface area contributed by atoms with Gasteiger partial charge in [0.1, 0.15) is 0 Å². The summed E-state index contributed by atoms with van der Waals surface area (Å²) in [5.41, 5.74) is 0.549. The quantitative estimate of drug-likeness (QED) is 0.663. The maximum Gasteiger partial charge on any atom is 0.0774 e. The highest BCUT2D eigenvalue weighted by Crippen LogP contribution is 2.08. The first-order valence-electron chi connectivity index (χ1n) is 5.02. The molecule has 2 nitrogen and oxygen atoms in total. The Balaban J connectivity index is 4.12. The monoisotopic (exact) mass is 185 g/mol. The average Bonchev–Trinajstić information content (AvgIpc) is 1.96. The van der Waals surface area contributed by atoms with Gasteiger partial charge in [0.25, 0.3) is 0 Å². The smallest absolute Gasteiger partial charge is 0.0774 e. The Hall–Kier alpha value is -0.340. The number of nitrogens with zero attached hydrogens (tertiary/aromatic N) is 1. The van der Waals surface area contributed by atoms with Gasteiger partial charge in [0.15, 0.2) is 0 Å². The summed E-state index contributed by atoms with van der Waals surface area (Å²) < 4.78 is 0. The van der Waals surface area contributed by atoms with Crippen molar-refractivity contribution in [1.29, 1.82) is 0 Å². The third-order valence-corrected chi connectivity index (χ3v) is 1.97. The highest BCUT2D eigenvalue weighted by atomic mass is 16.3. The molecule has 2 heteroatoms. The van der Waals surface area contributed by atoms with E-state index in [1.807, 2.05) is 6.08 Å². The molecule has 0 saturated heterocycles.